The van der Waals surface area contributed by atoms with Gasteiger partial charge in [0, 0.05) is 12.7 Å². The summed E-state index contributed by atoms with van der Waals surface area (Å²) >= 11 is 0. The summed E-state index contributed by atoms with van der Waals surface area (Å²) in [6.45, 7) is 6.31. The van der Waals surface area contributed by atoms with E-state index in [9.17, 15) is 9.90 Å². The quantitative estimate of drug-likeness (QED) is 0.850. The second-order valence-electron chi connectivity index (χ2n) is 5.69. The number of nitrogens with zero attached hydrogens (tertiary/aromatic N) is 2. The number of hydrogen-bond acceptors (Lipinski definition) is 4. The SMILES string of the molecule is CC(C)(C)CC(CNc1cccnc1C#N)C(=O)O. The van der Waals surface area contributed by atoms with Gasteiger partial charge in [0.15, 0.2) is 5.69 Å². The smallest absolute Gasteiger partial charge is 0.308 e. The number of nitrogens with one attached hydrogen (secondary N) is 1. The third-order valence-corrected chi connectivity index (χ3v) is 2.66. The van der Waals surface area contributed by atoms with Crippen LogP contribution in [0.3, 0.4) is 0 Å². The molecule has 5 nitrogen and oxygen atoms in total. The van der Waals surface area contributed by atoms with Crippen LogP contribution < -0.4 is 5.32 Å². The van der Waals surface area contributed by atoms with E-state index >= 15 is 0 Å². The molecule has 0 saturated heterocycles. The zero-order chi connectivity index (χ0) is 14.5. The van der Waals surface area contributed by atoms with E-state index in [1.165, 1.54) is 6.20 Å². The van der Waals surface area contributed by atoms with Crippen molar-refractivity contribution >= 4 is 11.7 Å². The molecule has 0 aromatic carbocycles. The van der Waals surface area contributed by atoms with Crippen molar-refractivity contribution in [3.63, 3.8) is 0 Å². The van der Waals surface area contributed by atoms with Gasteiger partial charge in [-0.3, -0.25) is 4.79 Å². The van der Waals surface area contributed by atoms with Gasteiger partial charge in [-0.25, -0.2) is 4.98 Å². The number of carboxylic acids is 1. The molecular weight excluding hydrogens is 242 g/mol. The van der Waals surface area contributed by atoms with Crippen molar-refractivity contribution in [2.75, 3.05) is 11.9 Å². The van der Waals surface area contributed by atoms with E-state index < -0.39 is 11.9 Å². The summed E-state index contributed by atoms with van der Waals surface area (Å²) in [5.41, 5.74) is 0.796. The Hall–Kier alpha value is -2.09. The molecule has 5 heteroatoms. The number of pyridine rings is 1. The van der Waals surface area contributed by atoms with Crippen LogP contribution in [0.25, 0.3) is 0 Å². The minimum atomic E-state index is -0.829. The molecule has 1 atom stereocenters. The van der Waals surface area contributed by atoms with Gasteiger partial charge >= 0.3 is 5.97 Å². The number of aromatic nitrogens is 1. The summed E-state index contributed by atoms with van der Waals surface area (Å²) in [4.78, 5) is 15.2. The van der Waals surface area contributed by atoms with Crippen LogP contribution >= 0.6 is 0 Å². The van der Waals surface area contributed by atoms with Gasteiger partial charge in [-0.05, 0) is 24.0 Å². The fourth-order valence-electron chi connectivity index (χ4n) is 1.86. The number of carbonyl (C=O) groups is 1. The maximum Gasteiger partial charge on any atom is 0.308 e. The number of nitriles is 1. The summed E-state index contributed by atoms with van der Waals surface area (Å²) < 4.78 is 0. The van der Waals surface area contributed by atoms with E-state index in [2.05, 4.69) is 10.3 Å². The first-order valence-corrected chi connectivity index (χ1v) is 6.15. The maximum absolute atomic E-state index is 11.2. The Bertz CT molecular complexity index is 486. The van der Waals surface area contributed by atoms with Crippen LogP contribution in [0.15, 0.2) is 18.3 Å². The fraction of sp³-hybridized carbons (Fsp3) is 0.500. The van der Waals surface area contributed by atoms with Crippen molar-refractivity contribution in [3.05, 3.63) is 24.0 Å². The number of anilines is 1. The topological polar surface area (TPSA) is 86.0 Å². The molecule has 0 bridgehead atoms. The molecule has 1 aromatic heterocycles. The second-order valence-corrected chi connectivity index (χ2v) is 5.69. The van der Waals surface area contributed by atoms with Crippen LogP contribution in [-0.2, 0) is 4.79 Å². The van der Waals surface area contributed by atoms with Gasteiger partial charge in [-0.1, -0.05) is 20.8 Å². The molecule has 0 aliphatic rings. The molecule has 0 aliphatic carbocycles. The second kappa shape index (κ2) is 6.19. The van der Waals surface area contributed by atoms with Crippen LogP contribution in [0.2, 0.25) is 0 Å². The van der Waals surface area contributed by atoms with E-state index in [4.69, 9.17) is 5.26 Å². The van der Waals surface area contributed by atoms with Gasteiger partial charge in [0.25, 0.3) is 0 Å². The highest BCUT2D eigenvalue weighted by molar-refractivity contribution is 5.71. The minimum Gasteiger partial charge on any atom is -0.481 e. The van der Waals surface area contributed by atoms with Crippen molar-refractivity contribution < 1.29 is 9.90 Å². The zero-order valence-corrected chi connectivity index (χ0v) is 11.5. The average molecular weight is 261 g/mol. The fourth-order valence-corrected chi connectivity index (χ4v) is 1.86. The monoisotopic (exact) mass is 261 g/mol. The molecule has 1 rings (SSSR count). The Morgan fingerprint density at radius 3 is 2.79 bits per heavy atom. The summed E-state index contributed by atoms with van der Waals surface area (Å²) in [6.07, 6.45) is 2.10. The highest BCUT2D eigenvalue weighted by atomic mass is 16.4. The highest BCUT2D eigenvalue weighted by Gasteiger charge is 2.24. The molecule has 0 spiro atoms. The third kappa shape index (κ3) is 4.96. The number of rotatable bonds is 5. The molecule has 0 aliphatic heterocycles. The lowest BCUT2D eigenvalue weighted by atomic mass is 9.84. The highest BCUT2D eigenvalue weighted by Crippen LogP contribution is 2.25. The van der Waals surface area contributed by atoms with Crippen molar-refractivity contribution in [2.24, 2.45) is 11.3 Å². The molecule has 0 amide bonds. The Kier molecular flexibility index (Phi) is 4.87. The van der Waals surface area contributed by atoms with Crippen LogP contribution in [-0.4, -0.2) is 22.6 Å². The molecular formula is C14H19N3O2. The lowest BCUT2D eigenvalue weighted by Crippen LogP contribution is -2.27. The maximum atomic E-state index is 11.2. The van der Waals surface area contributed by atoms with Gasteiger partial charge in [-0.2, -0.15) is 5.26 Å². The molecule has 1 aromatic rings. The lowest BCUT2D eigenvalue weighted by molar-refractivity contribution is -0.142. The van der Waals surface area contributed by atoms with Gasteiger partial charge in [0.05, 0.1) is 11.6 Å². The lowest BCUT2D eigenvalue weighted by Gasteiger charge is -2.23. The van der Waals surface area contributed by atoms with Gasteiger partial charge in [-0.15, -0.1) is 0 Å². The number of aliphatic carboxylic acids is 1. The van der Waals surface area contributed by atoms with E-state index in [1.807, 2.05) is 26.8 Å². The van der Waals surface area contributed by atoms with Crippen molar-refractivity contribution in [2.45, 2.75) is 27.2 Å². The molecule has 0 fully saturated rings. The van der Waals surface area contributed by atoms with Crippen LogP contribution in [0.4, 0.5) is 5.69 Å². The third-order valence-electron chi connectivity index (χ3n) is 2.66. The first kappa shape index (κ1) is 15.0. The van der Waals surface area contributed by atoms with Gasteiger partial charge < -0.3 is 10.4 Å². The van der Waals surface area contributed by atoms with E-state index in [0.717, 1.165) is 0 Å². The normalized spacial score (nSPS) is 12.5. The standard InChI is InChI=1S/C14H19N3O2/c1-14(2,3)7-10(13(18)19)9-17-11-5-4-6-16-12(11)8-15/h4-6,10,17H,7,9H2,1-3H3,(H,18,19). The average Bonchev–Trinajstić information content (AvgIpc) is 2.33. The first-order chi connectivity index (χ1) is 8.83. The molecule has 0 radical (unpaired) electrons. The number of carboxylic acid groups (broad SMARTS) is 1. The van der Waals surface area contributed by atoms with Crippen molar-refractivity contribution in [1.29, 1.82) is 5.26 Å². The zero-order valence-electron chi connectivity index (χ0n) is 11.5. The molecule has 102 valence electrons. The summed E-state index contributed by atoms with van der Waals surface area (Å²) in [5.74, 6) is -1.32. The van der Waals surface area contributed by atoms with Crippen LogP contribution in [0.5, 0.6) is 0 Å². The molecule has 1 heterocycles. The molecule has 2 N–H and O–H groups in total. The Morgan fingerprint density at radius 2 is 2.26 bits per heavy atom. The minimum absolute atomic E-state index is 0.0578. The Morgan fingerprint density at radius 1 is 1.58 bits per heavy atom. The summed E-state index contributed by atoms with van der Waals surface area (Å²) in [6, 6.07) is 5.41. The van der Waals surface area contributed by atoms with Crippen LogP contribution in [0, 0.1) is 22.7 Å². The van der Waals surface area contributed by atoms with Crippen molar-refractivity contribution in [3.8, 4) is 6.07 Å². The summed E-state index contributed by atoms with van der Waals surface area (Å²) in [5, 5.41) is 21.1. The van der Waals surface area contributed by atoms with E-state index in [0.29, 0.717) is 12.1 Å². The summed E-state index contributed by atoms with van der Waals surface area (Å²) in [7, 11) is 0. The Balaban J connectivity index is 2.72. The molecule has 1 unspecified atom stereocenters. The van der Waals surface area contributed by atoms with Gasteiger partial charge in [0.2, 0.25) is 0 Å². The van der Waals surface area contributed by atoms with E-state index in [-0.39, 0.29) is 17.7 Å². The van der Waals surface area contributed by atoms with Crippen LogP contribution in [0.1, 0.15) is 32.9 Å². The molecule has 0 saturated carbocycles. The van der Waals surface area contributed by atoms with Crippen molar-refractivity contribution in [1.82, 2.24) is 4.98 Å². The van der Waals surface area contributed by atoms with E-state index in [1.54, 1.807) is 12.1 Å². The Labute approximate surface area is 113 Å². The predicted molar refractivity (Wildman–Crippen MR) is 72.6 cm³/mol. The number of hydrogen-bond donors (Lipinski definition) is 2. The van der Waals surface area contributed by atoms with Gasteiger partial charge in [0.1, 0.15) is 6.07 Å². The molecule has 19 heavy (non-hydrogen) atoms. The largest absolute Gasteiger partial charge is 0.481 e. The first-order valence-electron chi connectivity index (χ1n) is 6.15. The predicted octanol–water partition coefficient (Wildman–Crippen LogP) is 2.50.